The van der Waals surface area contributed by atoms with Gasteiger partial charge >= 0.3 is 5.97 Å². The number of hydrogen-bond acceptors (Lipinski definition) is 5. The molecule has 2 atom stereocenters. The van der Waals surface area contributed by atoms with Crippen LogP contribution in [-0.4, -0.2) is 29.5 Å². The summed E-state index contributed by atoms with van der Waals surface area (Å²) >= 11 is 0. The number of carboxylic acid groups (broad SMARTS) is 1. The van der Waals surface area contributed by atoms with Crippen molar-refractivity contribution >= 4 is 5.97 Å². The van der Waals surface area contributed by atoms with Crippen LogP contribution in [0, 0.1) is 11.7 Å². The molecule has 1 aromatic carbocycles. The predicted molar refractivity (Wildman–Crippen MR) is 60.7 cm³/mol. The number of phenolic OH excluding ortho intramolecular Hbond substituents is 1. The second kappa shape index (κ2) is 4.27. The second-order valence-corrected chi connectivity index (χ2v) is 4.59. The van der Waals surface area contributed by atoms with E-state index in [1.165, 1.54) is 0 Å². The number of benzene rings is 1. The summed E-state index contributed by atoms with van der Waals surface area (Å²) in [6, 6.07) is 0.595. The highest BCUT2D eigenvalue weighted by molar-refractivity contribution is 5.71. The molecule has 0 aromatic heterocycles. The quantitative estimate of drug-likeness (QED) is 0.742. The molecule has 0 radical (unpaired) electrons. The molecule has 0 bridgehead atoms. The molecule has 1 saturated heterocycles. The van der Waals surface area contributed by atoms with Crippen molar-refractivity contribution < 1.29 is 28.9 Å². The topological polar surface area (TPSA) is 88.0 Å². The van der Waals surface area contributed by atoms with E-state index in [0.717, 1.165) is 6.07 Å². The fourth-order valence-corrected chi connectivity index (χ4v) is 2.49. The third-order valence-electron chi connectivity index (χ3n) is 3.45. The molecule has 2 aliphatic heterocycles. The summed E-state index contributed by atoms with van der Waals surface area (Å²) in [5, 5.41) is 21.8. The van der Waals surface area contributed by atoms with Crippen LogP contribution < -0.4 is 14.8 Å². The maximum absolute atomic E-state index is 13.6. The van der Waals surface area contributed by atoms with Crippen LogP contribution in [0.2, 0.25) is 0 Å². The van der Waals surface area contributed by atoms with Crippen molar-refractivity contribution in [3.8, 4) is 17.2 Å². The maximum atomic E-state index is 13.6. The molecular weight excluding hydrogens is 257 g/mol. The zero-order valence-corrected chi connectivity index (χ0v) is 9.85. The molecule has 3 rings (SSSR count). The molecule has 102 valence electrons. The summed E-state index contributed by atoms with van der Waals surface area (Å²) in [5.41, 5.74) is 0.233. The summed E-state index contributed by atoms with van der Waals surface area (Å²) in [7, 11) is 0. The van der Waals surface area contributed by atoms with Crippen molar-refractivity contribution in [2.24, 2.45) is 5.92 Å². The fourth-order valence-electron chi connectivity index (χ4n) is 2.49. The zero-order chi connectivity index (χ0) is 13.6. The molecule has 3 N–H and O–H groups in total. The Morgan fingerprint density at radius 1 is 1.47 bits per heavy atom. The summed E-state index contributed by atoms with van der Waals surface area (Å²) in [6.07, 6.45) is 0.266. The normalized spacial score (nSPS) is 24.7. The van der Waals surface area contributed by atoms with Crippen LogP contribution in [-0.2, 0) is 4.79 Å². The Bertz CT molecular complexity index is 547. The molecule has 0 spiro atoms. The first kappa shape index (κ1) is 12.0. The Balaban J connectivity index is 1.99. The maximum Gasteiger partial charge on any atom is 0.307 e. The minimum absolute atomic E-state index is 0.0414. The van der Waals surface area contributed by atoms with E-state index in [-0.39, 0.29) is 36.8 Å². The number of ether oxygens (including phenoxy) is 2. The fraction of sp³-hybridized carbons (Fsp3) is 0.417. The van der Waals surface area contributed by atoms with Gasteiger partial charge in [-0.15, -0.1) is 0 Å². The lowest BCUT2D eigenvalue weighted by molar-refractivity contribution is -0.141. The number of phenols is 1. The van der Waals surface area contributed by atoms with E-state index in [9.17, 15) is 14.3 Å². The molecule has 19 heavy (non-hydrogen) atoms. The Morgan fingerprint density at radius 2 is 2.26 bits per heavy atom. The van der Waals surface area contributed by atoms with Gasteiger partial charge in [-0.3, -0.25) is 4.79 Å². The summed E-state index contributed by atoms with van der Waals surface area (Å²) < 4.78 is 23.9. The first-order valence-electron chi connectivity index (χ1n) is 5.85. The molecule has 0 amide bonds. The van der Waals surface area contributed by atoms with Crippen LogP contribution >= 0.6 is 0 Å². The highest BCUT2D eigenvalue weighted by Gasteiger charge is 2.36. The number of aromatic hydroxyl groups is 1. The third-order valence-corrected chi connectivity index (χ3v) is 3.45. The number of hydrogen-bond donors (Lipinski definition) is 3. The van der Waals surface area contributed by atoms with Crippen LogP contribution in [0.5, 0.6) is 17.2 Å². The monoisotopic (exact) mass is 269 g/mol. The van der Waals surface area contributed by atoms with Gasteiger partial charge in [0.25, 0.3) is 0 Å². The van der Waals surface area contributed by atoms with Crippen molar-refractivity contribution in [3.05, 3.63) is 17.4 Å². The van der Waals surface area contributed by atoms with Gasteiger partial charge in [-0.05, 0) is 6.42 Å². The Labute approximate surface area is 107 Å². The molecule has 0 saturated carbocycles. The molecule has 2 unspecified atom stereocenters. The van der Waals surface area contributed by atoms with Crippen molar-refractivity contribution in [2.75, 3.05) is 13.3 Å². The predicted octanol–water partition coefficient (Wildman–Crippen LogP) is 0.995. The summed E-state index contributed by atoms with van der Waals surface area (Å²) in [4.78, 5) is 10.9. The Morgan fingerprint density at radius 3 is 2.95 bits per heavy atom. The first-order chi connectivity index (χ1) is 9.08. The Kier molecular flexibility index (Phi) is 2.70. The lowest BCUT2D eigenvalue weighted by Crippen LogP contribution is -2.17. The molecule has 2 aliphatic rings. The second-order valence-electron chi connectivity index (χ2n) is 4.59. The van der Waals surface area contributed by atoms with Crippen LogP contribution in [0.1, 0.15) is 18.0 Å². The van der Waals surface area contributed by atoms with Crippen LogP contribution in [0.4, 0.5) is 4.39 Å². The van der Waals surface area contributed by atoms with Gasteiger partial charge in [-0.25, -0.2) is 4.39 Å². The Hall–Kier alpha value is -2.02. The zero-order valence-electron chi connectivity index (χ0n) is 9.85. The van der Waals surface area contributed by atoms with Crippen molar-refractivity contribution in [2.45, 2.75) is 12.5 Å². The van der Waals surface area contributed by atoms with E-state index in [0.29, 0.717) is 0 Å². The molecule has 1 aromatic rings. The summed E-state index contributed by atoms with van der Waals surface area (Å²) in [6.45, 7) is 0.228. The molecular formula is C12H12FNO5. The van der Waals surface area contributed by atoms with Gasteiger partial charge in [0, 0.05) is 18.7 Å². The van der Waals surface area contributed by atoms with Crippen LogP contribution in [0.15, 0.2) is 6.07 Å². The average molecular weight is 269 g/mol. The minimum atomic E-state index is -0.917. The van der Waals surface area contributed by atoms with Gasteiger partial charge in [0.1, 0.15) is 0 Å². The van der Waals surface area contributed by atoms with E-state index >= 15 is 0 Å². The third kappa shape index (κ3) is 1.86. The number of nitrogens with one attached hydrogen (secondary N) is 1. The van der Waals surface area contributed by atoms with Crippen molar-refractivity contribution in [3.63, 3.8) is 0 Å². The van der Waals surface area contributed by atoms with Gasteiger partial charge < -0.3 is 25.0 Å². The highest BCUT2D eigenvalue weighted by Crippen LogP contribution is 2.47. The van der Waals surface area contributed by atoms with Gasteiger partial charge in [-0.2, -0.15) is 0 Å². The van der Waals surface area contributed by atoms with E-state index in [1.807, 2.05) is 0 Å². The smallest absolute Gasteiger partial charge is 0.307 e. The van der Waals surface area contributed by atoms with Crippen molar-refractivity contribution in [1.29, 1.82) is 0 Å². The lowest BCUT2D eigenvalue weighted by atomic mass is 9.98. The van der Waals surface area contributed by atoms with Crippen molar-refractivity contribution in [1.82, 2.24) is 5.32 Å². The molecule has 2 heterocycles. The average Bonchev–Trinajstić information content (AvgIpc) is 2.99. The van der Waals surface area contributed by atoms with E-state index in [2.05, 4.69) is 5.32 Å². The summed E-state index contributed by atoms with van der Waals surface area (Å²) in [5.74, 6) is -2.30. The molecule has 7 heteroatoms. The van der Waals surface area contributed by atoms with Gasteiger partial charge in [0.15, 0.2) is 23.1 Å². The standard InChI is InChI=1S/C12H12FNO5/c13-6-2-8-11(19-4-18-8)9(10(6)15)7-1-5(3-14-7)12(16)17/h2,5,7,14-15H,1,3-4H2,(H,16,17). The SMILES string of the molecule is O=C(O)C1CNC(c2c(O)c(F)cc3c2OCO3)C1. The molecule has 6 nitrogen and oxygen atoms in total. The highest BCUT2D eigenvalue weighted by atomic mass is 19.1. The number of aliphatic carboxylic acids is 1. The van der Waals surface area contributed by atoms with Crippen LogP contribution in [0.3, 0.4) is 0 Å². The van der Waals surface area contributed by atoms with Crippen LogP contribution in [0.25, 0.3) is 0 Å². The minimum Gasteiger partial charge on any atom is -0.504 e. The molecule has 1 fully saturated rings. The largest absolute Gasteiger partial charge is 0.504 e. The number of halogens is 1. The number of carboxylic acids is 1. The number of rotatable bonds is 2. The van der Waals surface area contributed by atoms with E-state index in [1.54, 1.807) is 0 Å². The number of carbonyl (C=O) groups is 1. The first-order valence-corrected chi connectivity index (χ1v) is 5.85. The van der Waals surface area contributed by atoms with Gasteiger partial charge in [-0.1, -0.05) is 0 Å². The van der Waals surface area contributed by atoms with Gasteiger partial charge in [0.2, 0.25) is 6.79 Å². The number of fused-ring (bicyclic) bond motifs is 1. The van der Waals surface area contributed by atoms with E-state index < -0.39 is 29.5 Å². The van der Waals surface area contributed by atoms with Gasteiger partial charge in [0.05, 0.1) is 11.5 Å². The lowest BCUT2D eigenvalue weighted by Gasteiger charge is -2.15. The molecule has 0 aliphatic carbocycles. The van der Waals surface area contributed by atoms with E-state index in [4.69, 9.17) is 14.6 Å².